The Morgan fingerprint density at radius 2 is 1.88 bits per heavy atom. The predicted octanol–water partition coefficient (Wildman–Crippen LogP) is 3.75. The molecule has 1 rings (SSSR count). The topological polar surface area (TPSA) is 21.3 Å². The van der Waals surface area contributed by atoms with Gasteiger partial charge >= 0.3 is 5.51 Å². The zero-order valence-corrected chi connectivity index (χ0v) is 10.4. The van der Waals surface area contributed by atoms with Crippen molar-refractivity contribution in [3.8, 4) is 0 Å². The Balaban J connectivity index is 2.56. The number of alkyl halides is 3. The zero-order chi connectivity index (χ0) is 12.9. The van der Waals surface area contributed by atoms with Crippen LogP contribution in [0.15, 0.2) is 29.2 Å². The van der Waals surface area contributed by atoms with Gasteiger partial charge in [0.25, 0.3) is 0 Å². The first-order valence-corrected chi connectivity index (χ1v) is 5.83. The fraction of sp³-hybridized carbons (Fsp3) is 0.455. The van der Waals surface area contributed by atoms with Crippen molar-refractivity contribution in [2.24, 2.45) is 0 Å². The minimum absolute atomic E-state index is 0.112. The van der Waals surface area contributed by atoms with E-state index in [2.05, 4.69) is 5.32 Å². The second kappa shape index (κ2) is 6.16. The molecular weight excluding hydrogens is 251 g/mol. The van der Waals surface area contributed by atoms with Crippen molar-refractivity contribution in [2.45, 2.75) is 23.4 Å². The monoisotopic (exact) mass is 265 g/mol. The third-order valence-electron chi connectivity index (χ3n) is 1.92. The van der Waals surface area contributed by atoms with Crippen LogP contribution in [-0.4, -0.2) is 25.3 Å². The molecule has 1 aromatic carbocycles. The summed E-state index contributed by atoms with van der Waals surface area (Å²) in [5.74, 6) is 0. The Morgan fingerprint density at radius 1 is 1.29 bits per heavy atom. The first-order valence-electron chi connectivity index (χ1n) is 5.02. The summed E-state index contributed by atoms with van der Waals surface area (Å²) in [4.78, 5) is 0.183. The lowest BCUT2D eigenvalue weighted by molar-refractivity contribution is -0.0328. The van der Waals surface area contributed by atoms with Crippen LogP contribution >= 0.6 is 11.8 Å². The minimum Gasteiger partial charge on any atom is -0.383 e. The summed E-state index contributed by atoms with van der Waals surface area (Å²) >= 11 is -0.114. The smallest absolute Gasteiger partial charge is 0.383 e. The molecule has 0 aliphatic carbocycles. The van der Waals surface area contributed by atoms with Crippen molar-refractivity contribution in [3.05, 3.63) is 24.3 Å². The van der Waals surface area contributed by atoms with Crippen molar-refractivity contribution in [1.29, 1.82) is 0 Å². The highest BCUT2D eigenvalue weighted by Gasteiger charge is 2.28. The number of anilines is 1. The normalized spacial score (nSPS) is 13.5. The van der Waals surface area contributed by atoms with Gasteiger partial charge in [-0.1, -0.05) is 0 Å². The number of halogens is 3. The van der Waals surface area contributed by atoms with E-state index in [-0.39, 0.29) is 22.7 Å². The third kappa shape index (κ3) is 5.83. The van der Waals surface area contributed by atoms with E-state index in [0.717, 1.165) is 5.69 Å². The number of methoxy groups -OCH3 is 1. The average molecular weight is 265 g/mol. The number of rotatable bonds is 5. The summed E-state index contributed by atoms with van der Waals surface area (Å²) in [6.07, 6.45) is 0. The molecule has 0 radical (unpaired) electrons. The van der Waals surface area contributed by atoms with Crippen molar-refractivity contribution in [3.63, 3.8) is 0 Å². The fourth-order valence-electron chi connectivity index (χ4n) is 1.33. The molecule has 1 aromatic rings. The van der Waals surface area contributed by atoms with Crippen molar-refractivity contribution in [2.75, 3.05) is 19.0 Å². The second-order valence-electron chi connectivity index (χ2n) is 3.57. The van der Waals surface area contributed by atoms with Crippen molar-refractivity contribution in [1.82, 2.24) is 0 Å². The molecular formula is C11H14F3NOS. The van der Waals surface area contributed by atoms with Gasteiger partial charge in [0.2, 0.25) is 0 Å². The highest BCUT2D eigenvalue weighted by atomic mass is 32.2. The van der Waals surface area contributed by atoms with Crippen LogP contribution in [0.3, 0.4) is 0 Å². The number of nitrogens with one attached hydrogen (secondary N) is 1. The Morgan fingerprint density at radius 3 is 2.35 bits per heavy atom. The van der Waals surface area contributed by atoms with E-state index in [4.69, 9.17) is 4.74 Å². The Kier molecular flexibility index (Phi) is 5.14. The molecule has 1 unspecified atom stereocenters. The number of benzene rings is 1. The Bertz CT molecular complexity index is 340. The van der Waals surface area contributed by atoms with Gasteiger partial charge in [0, 0.05) is 23.7 Å². The number of ether oxygens (including phenoxy) is 1. The van der Waals surface area contributed by atoms with Gasteiger partial charge < -0.3 is 10.1 Å². The molecule has 0 heterocycles. The largest absolute Gasteiger partial charge is 0.446 e. The lowest BCUT2D eigenvalue weighted by Crippen LogP contribution is -2.20. The number of hydrogen-bond acceptors (Lipinski definition) is 3. The van der Waals surface area contributed by atoms with Gasteiger partial charge in [-0.2, -0.15) is 13.2 Å². The van der Waals surface area contributed by atoms with Gasteiger partial charge in [0.15, 0.2) is 0 Å². The molecule has 0 spiro atoms. The highest BCUT2D eigenvalue weighted by molar-refractivity contribution is 8.00. The molecule has 1 N–H and O–H groups in total. The Labute approximate surface area is 103 Å². The van der Waals surface area contributed by atoms with Gasteiger partial charge in [0.1, 0.15) is 0 Å². The maximum absolute atomic E-state index is 12.1. The van der Waals surface area contributed by atoms with E-state index < -0.39 is 5.51 Å². The molecule has 0 aromatic heterocycles. The van der Waals surface area contributed by atoms with Gasteiger partial charge in [-0.25, -0.2) is 0 Å². The first-order chi connectivity index (χ1) is 7.90. The van der Waals surface area contributed by atoms with E-state index in [9.17, 15) is 13.2 Å². The molecule has 0 saturated carbocycles. The molecule has 0 fully saturated rings. The summed E-state index contributed by atoms with van der Waals surface area (Å²) in [6.45, 7) is 2.47. The predicted molar refractivity (Wildman–Crippen MR) is 63.3 cm³/mol. The summed E-state index contributed by atoms with van der Waals surface area (Å²) in [6, 6.07) is 6.25. The number of hydrogen-bond donors (Lipinski definition) is 1. The molecule has 96 valence electrons. The van der Waals surface area contributed by atoms with Crippen LogP contribution in [0.1, 0.15) is 6.92 Å². The quantitative estimate of drug-likeness (QED) is 0.819. The van der Waals surface area contributed by atoms with E-state index in [1.807, 2.05) is 6.92 Å². The maximum Gasteiger partial charge on any atom is 0.446 e. The molecule has 1 atom stereocenters. The minimum atomic E-state index is -4.24. The third-order valence-corrected chi connectivity index (χ3v) is 2.66. The van der Waals surface area contributed by atoms with Gasteiger partial charge in [0.05, 0.1) is 6.61 Å². The summed E-state index contributed by atoms with van der Waals surface area (Å²) in [5, 5.41) is 3.12. The molecule has 17 heavy (non-hydrogen) atoms. The average Bonchev–Trinajstić information content (AvgIpc) is 2.19. The molecule has 2 nitrogen and oxygen atoms in total. The molecule has 0 bridgehead atoms. The summed E-state index contributed by atoms with van der Waals surface area (Å²) in [7, 11) is 1.60. The molecule has 0 aliphatic rings. The first kappa shape index (κ1) is 14.2. The second-order valence-corrected chi connectivity index (χ2v) is 4.71. The van der Waals surface area contributed by atoms with Crippen LogP contribution < -0.4 is 5.32 Å². The Hall–Kier alpha value is -0.880. The molecule has 0 saturated heterocycles. The van der Waals surface area contributed by atoms with E-state index >= 15 is 0 Å². The summed E-state index contributed by atoms with van der Waals surface area (Å²) < 4.78 is 41.2. The van der Waals surface area contributed by atoms with Crippen LogP contribution in [0.2, 0.25) is 0 Å². The van der Waals surface area contributed by atoms with Crippen LogP contribution in [0.5, 0.6) is 0 Å². The van der Waals surface area contributed by atoms with Crippen LogP contribution in [0, 0.1) is 0 Å². The standard InChI is InChI=1S/C11H14F3NOS/c1-8(7-16-2)15-9-3-5-10(6-4-9)17-11(12,13)14/h3-6,8,15H,7H2,1-2H3. The van der Waals surface area contributed by atoms with Gasteiger partial charge in [-0.05, 0) is 43.0 Å². The van der Waals surface area contributed by atoms with Gasteiger partial charge in [-0.15, -0.1) is 0 Å². The maximum atomic E-state index is 12.1. The van der Waals surface area contributed by atoms with Crippen molar-refractivity contribution < 1.29 is 17.9 Å². The lowest BCUT2D eigenvalue weighted by Gasteiger charge is -2.14. The van der Waals surface area contributed by atoms with Crippen LogP contribution in [0.4, 0.5) is 18.9 Å². The highest BCUT2D eigenvalue weighted by Crippen LogP contribution is 2.37. The summed E-state index contributed by atoms with van der Waals surface area (Å²) in [5.41, 5.74) is -3.46. The molecule has 0 amide bonds. The lowest BCUT2D eigenvalue weighted by atomic mass is 10.3. The number of thioether (sulfide) groups is 1. The van der Waals surface area contributed by atoms with E-state index in [1.165, 1.54) is 12.1 Å². The van der Waals surface area contributed by atoms with Crippen LogP contribution in [-0.2, 0) is 4.74 Å². The van der Waals surface area contributed by atoms with Crippen molar-refractivity contribution >= 4 is 17.4 Å². The van der Waals surface area contributed by atoms with Crippen LogP contribution in [0.25, 0.3) is 0 Å². The van der Waals surface area contributed by atoms with E-state index in [0.29, 0.717) is 6.61 Å². The SMILES string of the molecule is COCC(C)Nc1ccc(SC(F)(F)F)cc1. The molecule has 6 heteroatoms. The van der Waals surface area contributed by atoms with E-state index in [1.54, 1.807) is 19.2 Å². The molecule has 0 aliphatic heterocycles. The fourth-order valence-corrected chi connectivity index (χ4v) is 1.87. The zero-order valence-electron chi connectivity index (χ0n) is 9.54. The van der Waals surface area contributed by atoms with Gasteiger partial charge in [-0.3, -0.25) is 0 Å².